The van der Waals surface area contributed by atoms with Crippen LogP contribution in [-0.4, -0.2) is 28.3 Å². The van der Waals surface area contributed by atoms with E-state index in [-0.39, 0.29) is 11.9 Å². The zero-order valence-electron chi connectivity index (χ0n) is 12.3. The largest absolute Gasteiger partial charge is 0.371 e. The first-order chi connectivity index (χ1) is 10.1. The number of hydrogen-bond acceptors (Lipinski definition) is 3. The van der Waals surface area contributed by atoms with Gasteiger partial charge >= 0.3 is 0 Å². The molecule has 21 heavy (non-hydrogen) atoms. The summed E-state index contributed by atoms with van der Waals surface area (Å²) in [6.07, 6.45) is 3.39. The summed E-state index contributed by atoms with van der Waals surface area (Å²) in [6.45, 7) is 7.83. The van der Waals surface area contributed by atoms with E-state index < -0.39 is 0 Å². The van der Waals surface area contributed by atoms with Crippen molar-refractivity contribution in [1.29, 1.82) is 0 Å². The summed E-state index contributed by atoms with van der Waals surface area (Å²) < 4.78 is 1.84. The summed E-state index contributed by atoms with van der Waals surface area (Å²) >= 11 is 0. The lowest BCUT2D eigenvalue weighted by Gasteiger charge is -2.14. The fourth-order valence-electron chi connectivity index (χ4n) is 2.01. The first-order valence-electron chi connectivity index (χ1n) is 6.88. The lowest BCUT2D eigenvalue weighted by atomic mass is 10.2. The van der Waals surface area contributed by atoms with E-state index in [0.717, 1.165) is 17.1 Å². The molecule has 1 aromatic carbocycles. The summed E-state index contributed by atoms with van der Waals surface area (Å²) in [5.74, 6) is -0.0678. The van der Waals surface area contributed by atoms with Crippen LogP contribution in [-0.2, 0) is 4.79 Å². The number of carbonyl (C=O) groups is 1. The molecule has 0 spiro atoms. The molecular formula is C16H20N4O. The van der Waals surface area contributed by atoms with Gasteiger partial charge in [0.2, 0.25) is 5.91 Å². The van der Waals surface area contributed by atoms with E-state index >= 15 is 0 Å². The van der Waals surface area contributed by atoms with E-state index in [1.165, 1.54) is 0 Å². The Hall–Kier alpha value is -2.56. The van der Waals surface area contributed by atoms with Crippen LogP contribution in [0.15, 0.2) is 49.2 Å². The van der Waals surface area contributed by atoms with Crippen LogP contribution in [0.5, 0.6) is 0 Å². The number of carbonyl (C=O) groups excluding carboxylic acids is 1. The molecule has 0 aliphatic heterocycles. The van der Waals surface area contributed by atoms with Crippen LogP contribution in [0.2, 0.25) is 0 Å². The molecule has 0 fully saturated rings. The fraction of sp³-hybridized carbons (Fsp3) is 0.250. The van der Waals surface area contributed by atoms with Crippen LogP contribution < -0.4 is 10.6 Å². The number of benzene rings is 1. The average molecular weight is 284 g/mol. The lowest BCUT2D eigenvalue weighted by Crippen LogP contribution is -2.37. The van der Waals surface area contributed by atoms with E-state index in [1.54, 1.807) is 12.3 Å². The first-order valence-corrected chi connectivity index (χ1v) is 6.88. The van der Waals surface area contributed by atoms with E-state index in [9.17, 15) is 4.79 Å². The Morgan fingerprint density at radius 3 is 2.81 bits per heavy atom. The van der Waals surface area contributed by atoms with Crippen LogP contribution in [0.1, 0.15) is 12.6 Å². The summed E-state index contributed by atoms with van der Waals surface area (Å²) in [4.78, 5) is 11.8. The van der Waals surface area contributed by atoms with Gasteiger partial charge in [-0.1, -0.05) is 24.3 Å². The molecule has 0 saturated heterocycles. The van der Waals surface area contributed by atoms with Crippen molar-refractivity contribution in [3.05, 3.63) is 54.9 Å². The third kappa shape index (κ3) is 3.51. The molecule has 1 amide bonds. The van der Waals surface area contributed by atoms with E-state index in [1.807, 2.05) is 48.9 Å². The van der Waals surface area contributed by atoms with Gasteiger partial charge in [0.1, 0.15) is 6.04 Å². The Labute approximate surface area is 124 Å². The van der Waals surface area contributed by atoms with Gasteiger partial charge in [0.25, 0.3) is 0 Å². The summed E-state index contributed by atoms with van der Waals surface area (Å²) in [5.41, 5.74) is 2.80. The molecule has 2 N–H and O–H groups in total. The molecule has 5 nitrogen and oxygen atoms in total. The Morgan fingerprint density at radius 1 is 1.43 bits per heavy atom. The normalized spacial score (nSPS) is 11.7. The van der Waals surface area contributed by atoms with Crippen molar-refractivity contribution >= 4 is 11.6 Å². The van der Waals surface area contributed by atoms with Crippen LogP contribution in [0, 0.1) is 6.92 Å². The zero-order chi connectivity index (χ0) is 15.2. The van der Waals surface area contributed by atoms with Gasteiger partial charge in [0.15, 0.2) is 0 Å². The van der Waals surface area contributed by atoms with Crippen LogP contribution in [0.25, 0.3) is 5.69 Å². The highest BCUT2D eigenvalue weighted by atomic mass is 16.2. The van der Waals surface area contributed by atoms with E-state index in [0.29, 0.717) is 6.54 Å². The average Bonchev–Trinajstić information content (AvgIpc) is 2.86. The summed E-state index contributed by atoms with van der Waals surface area (Å²) in [7, 11) is 0. The number of rotatable bonds is 6. The third-order valence-corrected chi connectivity index (χ3v) is 3.20. The van der Waals surface area contributed by atoms with Gasteiger partial charge in [-0.2, -0.15) is 5.10 Å². The van der Waals surface area contributed by atoms with Gasteiger partial charge < -0.3 is 10.6 Å². The maximum atomic E-state index is 11.8. The maximum Gasteiger partial charge on any atom is 0.242 e. The van der Waals surface area contributed by atoms with Crippen molar-refractivity contribution in [1.82, 2.24) is 15.1 Å². The van der Waals surface area contributed by atoms with Gasteiger partial charge in [0.05, 0.1) is 23.3 Å². The molecule has 2 rings (SSSR count). The predicted octanol–water partition coefficient (Wildman–Crippen LogP) is 2.28. The van der Waals surface area contributed by atoms with Crippen LogP contribution in [0.4, 0.5) is 5.69 Å². The minimum absolute atomic E-state index is 0.0678. The maximum absolute atomic E-state index is 11.8. The zero-order valence-corrected chi connectivity index (χ0v) is 12.3. The highest BCUT2D eigenvalue weighted by Gasteiger charge is 2.15. The topological polar surface area (TPSA) is 59.0 Å². The molecular weight excluding hydrogens is 264 g/mol. The molecule has 1 aromatic heterocycles. The van der Waals surface area contributed by atoms with Crippen molar-refractivity contribution in [2.75, 3.05) is 11.9 Å². The van der Waals surface area contributed by atoms with Crippen molar-refractivity contribution in [2.24, 2.45) is 0 Å². The number of hydrogen-bond donors (Lipinski definition) is 2. The Balaban J connectivity index is 2.10. The minimum atomic E-state index is -0.336. The number of para-hydroxylation sites is 1. The van der Waals surface area contributed by atoms with Gasteiger partial charge in [-0.05, 0) is 26.0 Å². The molecule has 1 heterocycles. The van der Waals surface area contributed by atoms with Gasteiger partial charge in [-0.25, -0.2) is 4.68 Å². The van der Waals surface area contributed by atoms with Gasteiger partial charge in [-0.15, -0.1) is 6.58 Å². The molecule has 0 aliphatic carbocycles. The van der Waals surface area contributed by atoms with Crippen molar-refractivity contribution < 1.29 is 4.79 Å². The highest BCUT2D eigenvalue weighted by molar-refractivity contribution is 5.84. The fourth-order valence-corrected chi connectivity index (χ4v) is 2.01. The first kappa shape index (κ1) is 14.8. The SMILES string of the molecule is C=CCNC(=O)[C@@H](C)Nc1cnn(-c2ccccc2)c1C. The molecule has 0 aliphatic rings. The second-order valence-corrected chi connectivity index (χ2v) is 4.79. The molecule has 0 unspecified atom stereocenters. The lowest BCUT2D eigenvalue weighted by molar-refractivity contribution is -0.121. The number of anilines is 1. The van der Waals surface area contributed by atoms with Gasteiger partial charge in [-0.3, -0.25) is 4.79 Å². The molecule has 5 heteroatoms. The molecule has 2 aromatic rings. The molecule has 1 atom stereocenters. The second kappa shape index (κ2) is 6.74. The van der Waals surface area contributed by atoms with Crippen molar-refractivity contribution in [3.8, 4) is 5.69 Å². The number of aromatic nitrogens is 2. The highest BCUT2D eigenvalue weighted by Crippen LogP contribution is 2.18. The standard InChI is InChI=1S/C16H20N4O/c1-4-10-17-16(21)12(2)19-15-11-18-20(13(15)3)14-8-6-5-7-9-14/h4-9,11-12,19H,1,10H2,2-3H3,(H,17,21)/t12-/m1/s1. The Bertz CT molecular complexity index is 618. The van der Waals surface area contributed by atoms with Crippen molar-refractivity contribution in [3.63, 3.8) is 0 Å². The van der Waals surface area contributed by atoms with E-state index in [2.05, 4.69) is 22.3 Å². The monoisotopic (exact) mass is 284 g/mol. The predicted molar refractivity (Wildman–Crippen MR) is 84.6 cm³/mol. The number of nitrogens with zero attached hydrogens (tertiary/aromatic N) is 2. The molecule has 0 saturated carbocycles. The van der Waals surface area contributed by atoms with E-state index in [4.69, 9.17) is 0 Å². The quantitative estimate of drug-likeness (QED) is 0.800. The second-order valence-electron chi connectivity index (χ2n) is 4.79. The third-order valence-electron chi connectivity index (χ3n) is 3.20. The van der Waals surface area contributed by atoms with Gasteiger partial charge in [0, 0.05) is 6.54 Å². The molecule has 0 radical (unpaired) electrons. The summed E-state index contributed by atoms with van der Waals surface area (Å²) in [6, 6.07) is 9.54. The Morgan fingerprint density at radius 2 is 2.14 bits per heavy atom. The van der Waals surface area contributed by atoms with Crippen molar-refractivity contribution in [2.45, 2.75) is 19.9 Å². The summed E-state index contributed by atoms with van der Waals surface area (Å²) in [5, 5.41) is 10.3. The molecule has 0 bridgehead atoms. The number of nitrogens with one attached hydrogen (secondary N) is 2. The Kier molecular flexibility index (Phi) is 4.77. The number of amides is 1. The van der Waals surface area contributed by atoms with Crippen LogP contribution in [0.3, 0.4) is 0 Å². The molecule has 110 valence electrons. The van der Waals surface area contributed by atoms with Crippen LogP contribution >= 0.6 is 0 Å². The minimum Gasteiger partial charge on any atom is -0.371 e. The smallest absolute Gasteiger partial charge is 0.242 e.